The van der Waals surface area contributed by atoms with Crippen LogP contribution in [0, 0.1) is 3.95 Å². The second kappa shape index (κ2) is 6.90. The Morgan fingerprint density at radius 1 is 1.15 bits per heavy atom. The fraction of sp³-hybridized carbons (Fsp3) is 0.0526. The van der Waals surface area contributed by atoms with E-state index in [1.54, 1.807) is 24.3 Å². The van der Waals surface area contributed by atoms with Crippen molar-refractivity contribution < 1.29 is 14.7 Å². The number of para-hydroxylation sites is 1. The highest BCUT2D eigenvalue weighted by molar-refractivity contribution is 7.73. The third kappa shape index (κ3) is 3.20. The number of nitrogens with zero attached hydrogens (tertiary/aromatic N) is 2. The van der Waals surface area contributed by atoms with Gasteiger partial charge in [0.15, 0.2) is 3.95 Å². The molecule has 8 heteroatoms. The fourth-order valence-corrected chi connectivity index (χ4v) is 4.12. The van der Waals surface area contributed by atoms with Crippen LogP contribution in [0.25, 0.3) is 5.57 Å². The van der Waals surface area contributed by atoms with Gasteiger partial charge in [0.2, 0.25) is 11.8 Å². The van der Waals surface area contributed by atoms with E-state index in [4.69, 9.17) is 12.2 Å². The SMILES string of the molecule is O=C(Cc1ccccc1)Nn1c(O)c(C2=c3ccccc3=NC2=O)sc1=S. The third-order valence-corrected chi connectivity index (χ3v) is 5.45. The van der Waals surface area contributed by atoms with Crippen LogP contribution in [-0.2, 0) is 16.0 Å². The maximum absolute atomic E-state index is 12.3. The van der Waals surface area contributed by atoms with Gasteiger partial charge in [0.25, 0.3) is 5.91 Å². The van der Waals surface area contributed by atoms with Crippen LogP contribution in [0.4, 0.5) is 0 Å². The zero-order valence-electron chi connectivity index (χ0n) is 13.9. The highest BCUT2D eigenvalue weighted by Gasteiger charge is 2.25. The van der Waals surface area contributed by atoms with E-state index in [0.717, 1.165) is 21.6 Å². The van der Waals surface area contributed by atoms with Crippen LogP contribution in [0.3, 0.4) is 0 Å². The molecule has 4 rings (SSSR count). The molecule has 0 atom stereocenters. The number of benzene rings is 2. The molecule has 0 radical (unpaired) electrons. The Bertz CT molecular complexity index is 1240. The monoisotopic (exact) mass is 395 g/mol. The predicted octanol–water partition coefficient (Wildman–Crippen LogP) is 1.66. The Kier molecular flexibility index (Phi) is 4.43. The molecule has 2 heterocycles. The Labute approximate surface area is 162 Å². The van der Waals surface area contributed by atoms with Gasteiger partial charge in [0.1, 0.15) is 4.88 Å². The molecule has 134 valence electrons. The molecular weight excluding hydrogens is 382 g/mol. The van der Waals surface area contributed by atoms with Gasteiger partial charge in [-0.25, -0.2) is 4.99 Å². The molecule has 2 amide bonds. The first-order valence-corrected chi connectivity index (χ1v) is 9.28. The van der Waals surface area contributed by atoms with Crippen LogP contribution in [0.15, 0.2) is 59.6 Å². The number of rotatable bonds is 4. The van der Waals surface area contributed by atoms with Crippen molar-refractivity contribution in [2.75, 3.05) is 5.43 Å². The van der Waals surface area contributed by atoms with Gasteiger partial charge in [-0.2, -0.15) is 4.68 Å². The van der Waals surface area contributed by atoms with Gasteiger partial charge < -0.3 is 5.11 Å². The smallest absolute Gasteiger partial charge is 0.279 e. The maximum Gasteiger partial charge on any atom is 0.279 e. The van der Waals surface area contributed by atoms with Crippen molar-refractivity contribution in [2.24, 2.45) is 4.99 Å². The number of thiazole rings is 1. The molecule has 0 aliphatic carbocycles. The van der Waals surface area contributed by atoms with Crippen molar-refractivity contribution in [3.63, 3.8) is 0 Å². The van der Waals surface area contributed by atoms with Crippen LogP contribution in [0.1, 0.15) is 10.4 Å². The van der Waals surface area contributed by atoms with Crippen LogP contribution in [0.2, 0.25) is 0 Å². The number of fused-ring (bicyclic) bond motifs is 1. The Morgan fingerprint density at radius 3 is 2.63 bits per heavy atom. The fourth-order valence-electron chi connectivity index (χ4n) is 2.86. The highest BCUT2D eigenvalue weighted by Crippen LogP contribution is 2.31. The quantitative estimate of drug-likeness (QED) is 0.658. The van der Waals surface area contributed by atoms with E-state index < -0.39 is 5.91 Å². The second-order valence-electron chi connectivity index (χ2n) is 5.86. The van der Waals surface area contributed by atoms with E-state index in [1.807, 2.05) is 30.3 Å². The summed E-state index contributed by atoms with van der Waals surface area (Å²) in [7, 11) is 0. The molecule has 0 fully saturated rings. The summed E-state index contributed by atoms with van der Waals surface area (Å²) in [5, 5.41) is 11.8. The van der Waals surface area contributed by atoms with Crippen LogP contribution in [0.5, 0.6) is 5.88 Å². The van der Waals surface area contributed by atoms with Crippen molar-refractivity contribution in [2.45, 2.75) is 6.42 Å². The minimum atomic E-state index is -0.439. The molecule has 27 heavy (non-hydrogen) atoms. The molecule has 0 saturated heterocycles. The average Bonchev–Trinajstić information content (AvgIpc) is 3.12. The van der Waals surface area contributed by atoms with Gasteiger partial charge in [0, 0.05) is 5.22 Å². The van der Waals surface area contributed by atoms with Crippen LogP contribution in [-0.4, -0.2) is 21.6 Å². The number of amides is 2. The minimum absolute atomic E-state index is 0.140. The Balaban J connectivity index is 1.70. The van der Waals surface area contributed by atoms with Crippen molar-refractivity contribution in [3.05, 3.63) is 79.6 Å². The van der Waals surface area contributed by atoms with E-state index in [-0.39, 0.29) is 27.7 Å². The largest absolute Gasteiger partial charge is 0.492 e. The summed E-state index contributed by atoms with van der Waals surface area (Å²) < 4.78 is 1.36. The molecule has 2 aromatic carbocycles. The summed E-state index contributed by atoms with van der Waals surface area (Å²) in [5.74, 6) is -1.04. The average molecular weight is 395 g/mol. The molecule has 0 bridgehead atoms. The van der Waals surface area contributed by atoms with E-state index >= 15 is 0 Å². The summed E-state index contributed by atoms with van der Waals surface area (Å²) >= 11 is 6.32. The van der Waals surface area contributed by atoms with Crippen LogP contribution >= 0.6 is 23.6 Å². The lowest BCUT2D eigenvalue weighted by molar-refractivity contribution is -0.116. The topological polar surface area (TPSA) is 83.7 Å². The van der Waals surface area contributed by atoms with Crippen LogP contribution < -0.4 is 16.0 Å². The van der Waals surface area contributed by atoms with Crippen molar-refractivity contribution in [1.82, 2.24) is 4.68 Å². The van der Waals surface area contributed by atoms with Gasteiger partial charge in [-0.3, -0.25) is 15.0 Å². The third-order valence-electron chi connectivity index (χ3n) is 4.07. The van der Waals surface area contributed by atoms with Gasteiger partial charge in [0.05, 0.1) is 17.4 Å². The zero-order chi connectivity index (χ0) is 19.0. The number of aromatic hydroxyl groups is 1. The Hall–Kier alpha value is -3.10. The molecule has 2 N–H and O–H groups in total. The molecule has 1 aliphatic heterocycles. The van der Waals surface area contributed by atoms with Gasteiger partial charge in [-0.05, 0) is 23.8 Å². The number of carbonyl (C=O) groups is 2. The van der Waals surface area contributed by atoms with E-state index in [0.29, 0.717) is 15.5 Å². The molecule has 1 aromatic heterocycles. The second-order valence-corrected chi connectivity index (χ2v) is 7.51. The number of aromatic nitrogens is 1. The Morgan fingerprint density at radius 2 is 1.85 bits per heavy atom. The maximum atomic E-state index is 12.3. The normalized spacial score (nSPS) is 12.6. The highest BCUT2D eigenvalue weighted by atomic mass is 32.1. The van der Waals surface area contributed by atoms with Crippen molar-refractivity contribution in [3.8, 4) is 5.88 Å². The van der Waals surface area contributed by atoms with E-state index in [2.05, 4.69) is 10.4 Å². The molecule has 3 aromatic rings. The summed E-state index contributed by atoms with van der Waals surface area (Å²) in [6.45, 7) is 0. The number of nitrogens with one attached hydrogen (secondary N) is 1. The number of carbonyl (C=O) groups excluding carboxylic acids is 2. The number of hydrogen-bond acceptors (Lipinski definition) is 5. The molecular formula is C19H13N3O3S2. The lowest BCUT2D eigenvalue weighted by atomic mass is 10.1. The van der Waals surface area contributed by atoms with Gasteiger partial charge in [-0.15, -0.1) is 0 Å². The molecule has 0 saturated carbocycles. The van der Waals surface area contributed by atoms with Gasteiger partial charge in [-0.1, -0.05) is 59.9 Å². The zero-order valence-corrected chi connectivity index (χ0v) is 15.5. The first kappa shape index (κ1) is 17.3. The molecule has 0 spiro atoms. The summed E-state index contributed by atoms with van der Waals surface area (Å²) in [6, 6.07) is 16.3. The number of hydrogen-bond donors (Lipinski definition) is 2. The van der Waals surface area contributed by atoms with Gasteiger partial charge >= 0.3 is 0 Å². The summed E-state index contributed by atoms with van der Waals surface area (Å²) in [5.41, 5.74) is 3.71. The predicted molar refractivity (Wildman–Crippen MR) is 104 cm³/mol. The first-order chi connectivity index (χ1) is 13.0. The standard InChI is InChI=1S/C19H13N3O3S2/c23-14(10-11-6-2-1-3-7-11)21-22-18(25)16(27-19(22)26)15-12-8-4-5-9-13(12)20-17(15)24/h1-9,25H,10H2,(H,21,23). The van der Waals surface area contributed by atoms with Crippen molar-refractivity contribution >= 4 is 40.9 Å². The summed E-state index contributed by atoms with van der Waals surface area (Å²) in [4.78, 5) is 28.9. The molecule has 0 unspecified atom stereocenters. The van der Waals surface area contributed by atoms with Crippen molar-refractivity contribution in [1.29, 1.82) is 0 Å². The van der Waals surface area contributed by atoms with E-state index in [1.165, 1.54) is 0 Å². The molecule has 6 nitrogen and oxygen atoms in total. The first-order valence-electron chi connectivity index (χ1n) is 8.06. The minimum Gasteiger partial charge on any atom is -0.492 e. The lowest BCUT2D eigenvalue weighted by Gasteiger charge is -2.07. The molecule has 1 aliphatic rings. The lowest BCUT2D eigenvalue weighted by Crippen LogP contribution is -2.24. The summed E-state index contributed by atoms with van der Waals surface area (Å²) in [6.07, 6.45) is 0.140. The van der Waals surface area contributed by atoms with E-state index in [9.17, 15) is 14.7 Å².